The van der Waals surface area contributed by atoms with Gasteiger partial charge in [-0.25, -0.2) is 4.98 Å². The van der Waals surface area contributed by atoms with Crippen LogP contribution in [0.25, 0.3) is 10.9 Å². The number of nitrogens with zero attached hydrogens (tertiary/aromatic N) is 2. The molecular formula is C24H26N2O2S. The van der Waals surface area contributed by atoms with E-state index in [1.807, 2.05) is 59.2 Å². The van der Waals surface area contributed by atoms with Crippen molar-refractivity contribution in [2.75, 3.05) is 5.75 Å². The normalized spacial score (nSPS) is 21.9. The highest BCUT2D eigenvalue weighted by atomic mass is 32.2. The van der Waals surface area contributed by atoms with Gasteiger partial charge < -0.3 is 0 Å². The average molecular weight is 407 g/mol. The van der Waals surface area contributed by atoms with E-state index in [4.69, 9.17) is 4.98 Å². The summed E-state index contributed by atoms with van der Waals surface area (Å²) in [5.74, 6) is 1.28. The highest BCUT2D eigenvalue weighted by molar-refractivity contribution is 7.99. The molecule has 0 spiro atoms. The Balaban J connectivity index is 1.73. The van der Waals surface area contributed by atoms with Crippen LogP contribution in [-0.4, -0.2) is 21.1 Å². The van der Waals surface area contributed by atoms with E-state index >= 15 is 0 Å². The van der Waals surface area contributed by atoms with Gasteiger partial charge in [0.25, 0.3) is 5.56 Å². The zero-order chi connectivity index (χ0) is 20.4. The Morgan fingerprint density at radius 3 is 2.59 bits per heavy atom. The monoisotopic (exact) mass is 406 g/mol. The van der Waals surface area contributed by atoms with Gasteiger partial charge in [0, 0.05) is 11.6 Å². The number of thioether (sulfide) groups is 1. The molecule has 29 heavy (non-hydrogen) atoms. The molecule has 0 N–H and O–H groups in total. The number of para-hydroxylation sites is 1. The van der Waals surface area contributed by atoms with Crippen molar-refractivity contribution in [3.05, 3.63) is 70.5 Å². The quantitative estimate of drug-likeness (QED) is 0.325. The first-order valence-electron chi connectivity index (χ1n) is 10.3. The number of carbonyl (C=O) groups excluding carboxylic acids is 1. The van der Waals surface area contributed by atoms with Crippen LogP contribution in [0.5, 0.6) is 0 Å². The highest BCUT2D eigenvalue weighted by Crippen LogP contribution is 2.38. The van der Waals surface area contributed by atoms with E-state index in [9.17, 15) is 9.59 Å². The third-order valence-corrected chi connectivity index (χ3v) is 7.15. The molecule has 1 aliphatic rings. The predicted molar refractivity (Wildman–Crippen MR) is 119 cm³/mol. The van der Waals surface area contributed by atoms with Crippen LogP contribution in [0.3, 0.4) is 0 Å². The van der Waals surface area contributed by atoms with Crippen molar-refractivity contribution in [3.8, 4) is 0 Å². The number of aromatic nitrogens is 2. The van der Waals surface area contributed by atoms with Crippen LogP contribution in [-0.2, 0) is 0 Å². The minimum absolute atomic E-state index is 0.0104. The maximum Gasteiger partial charge on any atom is 0.262 e. The van der Waals surface area contributed by atoms with Gasteiger partial charge in [-0.1, -0.05) is 80.9 Å². The summed E-state index contributed by atoms with van der Waals surface area (Å²) in [5, 5.41) is 1.31. The summed E-state index contributed by atoms with van der Waals surface area (Å²) in [7, 11) is 0. The van der Waals surface area contributed by atoms with Gasteiger partial charge in [0.2, 0.25) is 0 Å². The van der Waals surface area contributed by atoms with Crippen LogP contribution < -0.4 is 5.56 Å². The second-order valence-electron chi connectivity index (χ2n) is 8.00. The van der Waals surface area contributed by atoms with E-state index in [1.54, 1.807) is 0 Å². The van der Waals surface area contributed by atoms with Crippen molar-refractivity contribution in [2.24, 2.45) is 11.8 Å². The molecule has 3 atom stereocenters. The standard InChI is InChI=1S/C24H26N2O2S/c1-16-9-8-14-21(17(16)2)26-23(28)19-12-6-7-13-20(19)25-24(26)29-15-22(27)18-10-4-3-5-11-18/h3-7,10-13,16-17,21H,8-9,14-15H2,1-2H3/t16-,17+,21+/m0/s1. The van der Waals surface area contributed by atoms with Crippen molar-refractivity contribution in [3.63, 3.8) is 0 Å². The maximum atomic E-state index is 13.4. The molecular weight excluding hydrogens is 380 g/mol. The van der Waals surface area contributed by atoms with E-state index in [1.165, 1.54) is 18.2 Å². The molecule has 0 radical (unpaired) electrons. The molecule has 0 saturated heterocycles. The Bertz CT molecular complexity index is 1080. The Morgan fingerprint density at radius 1 is 1.07 bits per heavy atom. The summed E-state index contributed by atoms with van der Waals surface area (Å²) in [6.45, 7) is 4.50. The second kappa shape index (κ2) is 8.54. The fraction of sp³-hybridized carbons (Fsp3) is 0.375. The molecule has 2 aromatic carbocycles. The largest absolute Gasteiger partial charge is 0.293 e. The molecule has 0 aliphatic heterocycles. The minimum Gasteiger partial charge on any atom is -0.293 e. The van der Waals surface area contributed by atoms with Crippen molar-refractivity contribution >= 4 is 28.4 Å². The van der Waals surface area contributed by atoms with Crippen LogP contribution in [0.4, 0.5) is 0 Å². The van der Waals surface area contributed by atoms with Gasteiger partial charge in [-0.15, -0.1) is 0 Å². The number of Topliss-reactive ketones (excluding diaryl/α,β-unsaturated/α-hetero) is 1. The van der Waals surface area contributed by atoms with E-state index in [0.717, 1.165) is 12.8 Å². The van der Waals surface area contributed by atoms with Crippen molar-refractivity contribution in [1.29, 1.82) is 0 Å². The molecule has 5 heteroatoms. The molecule has 1 fully saturated rings. The molecule has 4 nitrogen and oxygen atoms in total. The molecule has 0 unspecified atom stereocenters. The molecule has 3 aromatic rings. The minimum atomic E-state index is 0.0104. The van der Waals surface area contributed by atoms with Crippen molar-refractivity contribution < 1.29 is 4.79 Å². The van der Waals surface area contributed by atoms with E-state index in [0.29, 0.717) is 33.5 Å². The third-order valence-electron chi connectivity index (χ3n) is 6.20. The number of hydrogen-bond acceptors (Lipinski definition) is 4. The Kier molecular flexibility index (Phi) is 5.86. The number of ketones is 1. The lowest BCUT2D eigenvalue weighted by molar-refractivity contribution is 0.102. The molecule has 0 amide bonds. The summed E-state index contributed by atoms with van der Waals surface area (Å²) in [4.78, 5) is 30.9. The van der Waals surface area contributed by atoms with Crippen LogP contribution in [0, 0.1) is 11.8 Å². The SMILES string of the molecule is C[C@H]1[C@H](n2c(SCC(=O)c3ccccc3)nc3ccccc3c2=O)CCC[C@@H]1C. The highest BCUT2D eigenvalue weighted by Gasteiger charge is 2.31. The lowest BCUT2D eigenvalue weighted by atomic mass is 9.78. The van der Waals surface area contributed by atoms with Crippen molar-refractivity contribution in [2.45, 2.75) is 44.3 Å². The van der Waals surface area contributed by atoms with Gasteiger partial charge in [0.1, 0.15) is 0 Å². The smallest absolute Gasteiger partial charge is 0.262 e. The summed E-state index contributed by atoms with van der Waals surface area (Å²) in [6.07, 6.45) is 3.29. The van der Waals surface area contributed by atoms with Crippen LogP contribution in [0.15, 0.2) is 64.5 Å². The molecule has 1 heterocycles. The van der Waals surface area contributed by atoms with Gasteiger partial charge in [0.05, 0.1) is 16.7 Å². The Labute approximate surface area is 175 Å². The average Bonchev–Trinajstić information content (AvgIpc) is 2.75. The Hall–Kier alpha value is -2.40. The second-order valence-corrected chi connectivity index (χ2v) is 8.94. The van der Waals surface area contributed by atoms with Crippen molar-refractivity contribution in [1.82, 2.24) is 9.55 Å². The molecule has 1 aliphatic carbocycles. The topological polar surface area (TPSA) is 52.0 Å². The van der Waals surface area contributed by atoms with E-state index in [2.05, 4.69) is 13.8 Å². The van der Waals surface area contributed by atoms with Crippen LogP contribution in [0.2, 0.25) is 0 Å². The van der Waals surface area contributed by atoms with Crippen LogP contribution in [0.1, 0.15) is 49.5 Å². The number of hydrogen-bond donors (Lipinski definition) is 0. The number of rotatable bonds is 5. The lowest BCUT2D eigenvalue weighted by Gasteiger charge is -2.36. The molecule has 4 rings (SSSR count). The van der Waals surface area contributed by atoms with Gasteiger partial charge in [-0.3, -0.25) is 14.2 Å². The van der Waals surface area contributed by atoms with Gasteiger partial charge in [-0.05, 0) is 30.4 Å². The summed E-state index contributed by atoms with van der Waals surface area (Å²) >= 11 is 1.38. The molecule has 0 bridgehead atoms. The zero-order valence-electron chi connectivity index (χ0n) is 16.9. The molecule has 1 saturated carbocycles. The predicted octanol–water partition coefficient (Wildman–Crippen LogP) is 5.37. The fourth-order valence-electron chi connectivity index (χ4n) is 4.28. The molecule has 150 valence electrons. The maximum absolute atomic E-state index is 13.4. The van der Waals surface area contributed by atoms with E-state index < -0.39 is 0 Å². The zero-order valence-corrected chi connectivity index (χ0v) is 17.7. The van der Waals surface area contributed by atoms with E-state index in [-0.39, 0.29) is 23.1 Å². The Morgan fingerprint density at radius 2 is 1.79 bits per heavy atom. The number of carbonyl (C=O) groups is 1. The lowest BCUT2D eigenvalue weighted by Crippen LogP contribution is -2.35. The fourth-order valence-corrected chi connectivity index (χ4v) is 5.22. The molecule has 1 aromatic heterocycles. The number of fused-ring (bicyclic) bond motifs is 1. The van der Waals surface area contributed by atoms with Crippen LogP contribution >= 0.6 is 11.8 Å². The first-order valence-corrected chi connectivity index (χ1v) is 11.3. The van der Waals surface area contributed by atoms with Gasteiger partial charge in [-0.2, -0.15) is 0 Å². The number of benzene rings is 2. The third kappa shape index (κ3) is 4.01. The first kappa shape index (κ1) is 19.9. The summed E-state index contributed by atoms with van der Waals surface area (Å²) in [6, 6.07) is 16.9. The van der Waals surface area contributed by atoms with Gasteiger partial charge >= 0.3 is 0 Å². The van der Waals surface area contributed by atoms with Gasteiger partial charge in [0.15, 0.2) is 10.9 Å². The summed E-state index contributed by atoms with van der Waals surface area (Å²) in [5.41, 5.74) is 1.39. The summed E-state index contributed by atoms with van der Waals surface area (Å²) < 4.78 is 1.88. The first-order chi connectivity index (χ1) is 14.1.